The lowest BCUT2D eigenvalue weighted by molar-refractivity contribution is 0.505. The number of hydrogen-bond acceptors (Lipinski definition) is 4. The van der Waals surface area contributed by atoms with Crippen LogP contribution in [0.3, 0.4) is 0 Å². The molecule has 0 spiro atoms. The third-order valence-corrected chi connectivity index (χ3v) is 6.24. The van der Waals surface area contributed by atoms with Crippen molar-refractivity contribution in [1.82, 2.24) is 0 Å². The van der Waals surface area contributed by atoms with Crippen LogP contribution < -0.4 is 15.1 Å². The van der Waals surface area contributed by atoms with Crippen molar-refractivity contribution in [1.29, 1.82) is 0 Å². The van der Waals surface area contributed by atoms with Crippen LogP contribution in [0.25, 0.3) is 0 Å². The molecule has 0 aliphatic carbocycles. The Bertz CT molecular complexity index is 721. The molecular weight excluding hydrogens is 362 g/mol. The van der Waals surface area contributed by atoms with Gasteiger partial charge in [-0.25, -0.2) is 0 Å². The van der Waals surface area contributed by atoms with Crippen molar-refractivity contribution in [2.75, 3.05) is 40.5 Å². The van der Waals surface area contributed by atoms with E-state index in [-0.39, 0.29) is 11.1 Å². The second kappa shape index (κ2) is 8.28. The van der Waals surface area contributed by atoms with Gasteiger partial charge in [-0.2, -0.15) is 0 Å². The van der Waals surface area contributed by atoms with Crippen LogP contribution in [0.4, 0.5) is 17.1 Å². The zero-order valence-corrected chi connectivity index (χ0v) is 19.1. The zero-order valence-electron chi connectivity index (χ0n) is 18.2. The Morgan fingerprint density at radius 3 is 2.00 bits per heavy atom. The van der Waals surface area contributed by atoms with E-state index < -0.39 is 0 Å². The van der Waals surface area contributed by atoms with Crippen LogP contribution in [0, 0.1) is 0 Å². The predicted molar refractivity (Wildman–Crippen MR) is 126 cm³/mol. The molecule has 2 aromatic rings. The molecule has 2 aliphatic heterocycles. The average molecular weight is 398 g/mol. The van der Waals surface area contributed by atoms with E-state index in [0.29, 0.717) is 0 Å². The quantitative estimate of drug-likeness (QED) is 0.577. The zero-order chi connectivity index (χ0) is 20.4. The summed E-state index contributed by atoms with van der Waals surface area (Å²) in [5.74, 6) is 1.20. The van der Waals surface area contributed by atoms with Gasteiger partial charge in [0.15, 0.2) is 0 Å². The van der Waals surface area contributed by atoms with Crippen molar-refractivity contribution in [3.8, 4) is 0 Å². The molecule has 4 rings (SSSR count). The van der Waals surface area contributed by atoms with Crippen molar-refractivity contribution < 1.29 is 0 Å². The van der Waals surface area contributed by atoms with E-state index in [2.05, 4.69) is 105 Å². The summed E-state index contributed by atoms with van der Waals surface area (Å²) >= 11 is 1.97. The van der Waals surface area contributed by atoms with Gasteiger partial charge in [-0.05, 0) is 65.8 Å². The highest BCUT2D eigenvalue weighted by atomic mass is 32.2. The molecule has 1 N–H and O–H groups in total. The summed E-state index contributed by atoms with van der Waals surface area (Å²) in [4.78, 5) is 6.38. The molecule has 28 heavy (non-hydrogen) atoms. The number of nitrogens with zero attached hydrogens (tertiary/aromatic N) is 2. The van der Waals surface area contributed by atoms with Gasteiger partial charge >= 0.3 is 0 Å². The van der Waals surface area contributed by atoms with Crippen molar-refractivity contribution >= 4 is 28.8 Å². The maximum Gasteiger partial charge on any atom is 0.0606 e. The fourth-order valence-electron chi connectivity index (χ4n) is 3.84. The second-order valence-electron chi connectivity index (χ2n) is 9.41. The highest BCUT2D eigenvalue weighted by Crippen LogP contribution is 2.37. The van der Waals surface area contributed by atoms with E-state index in [1.807, 2.05) is 11.8 Å². The normalized spacial score (nSPS) is 16.4. The Labute approximate surface area is 175 Å². The van der Waals surface area contributed by atoms with Crippen molar-refractivity contribution in [2.24, 2.45) is 0 Å². The van der Waals surface area contributed by atoms with Crippen LogP contribution in [0.1, 0.15) is 41.5 Å². The lowest BCUT2D eigenvalue weighted by Crippen LogP contribution is -2.46. The van der Waals surface area contributed by atoms with Gasteiger partial charge in [-0.3, -0.25) is 0 Å². The smallest absolute Gasteiger partial charge is 0.0606 e. The number of hydrogen-bond donors (Lipinski definition) is 1. The first kappa shape index (κ1) is 20.9. The Morgan fingerprint density at radius 1 is 0.750 bits per heavy atom. The molecule has 0 saturated carbocycles. The van der Waals surface area contributed by atoms with E-state index in [9.17, 15) is 0 Å². The van der Waals surface area contributed by atoms with Gasteiger partial charge < -0.3 is 15.1 Å². The van der Waals surface area contributed by atoms with Crippen molar-refractivity contribution in [3.63, 3.8) is 0 Å². The van der Waals surface area contributed by atoms with Crippen LogP contribution in [-0.4, -0.2) is 36.5 Å². The molecule has 0 atom stereocenters. The van der Waals surface area contributed by atoms with Crippen LogP contribution >= 0.6 is 11.8 Å². The molecule has 0 bridgehead atoms. The molecule has 0 amide bonds. The molecule has 0 fully saturated rings. The van der Waals surface area contributed by atoms with E-state index in [1.54, 1.807) is 0 Å². The first-order chi connectivity index (χ1) is 13.2. The largest absolute Gasteiger partial charge is 0.382 e. The number of anilines is 3. The summed E-state index contributed by atoms with van der Waals surface area (Å²) < 4.78 is 0. The highest BCUT2D eigenvalue weighted by Gasteiger charge is 2.26. The summed E-state index contributed by atoms with van der Waals surface area (Å²) in [6.07, 6.45) is 0. The minimum absolute atomic E-state index is 0.207. The standard InChI is InChI=1S/C12H18N2.C12H17NS/c1-12(2,3)14-9-8-13-10-6-4-5-7-11(10)14;1-12(2,3)13-8-9-14-11-7-5-4-6-10(11)13/h4-7,13H,8-9H2,1-3H3;4-7H,8-9H2,1-3H3. The molecule has 4 heteroatoms. The summed E-state index contributed by atoms with van der Waals surface area (Å²) in [5, 5.41) is 3.42. The molecule has 2 heterocycles. The van der Waals surface area contributed by atoms with Gasteiger partial charge in [-0.1, -0.05) is 24.3 Å². The van der Waals surface area contributed by atoms with Crippen LogP contribution in [0.5, 0.6) is 0 Å². The minimum atomic E-state index is 0.207. The molecule has 0 radical (unpaired) electrons. The molecular formula is C24H35N3S. The van der Waals surface area contributed by atoms with Gasteiger partial charge in [0, 0.05) is 41.4 Å². The van der Waals surface area contributed by atoms with Crippen molar-refractivity contribution in [2.45, 2.75) is 57.5 Å². The summed E-state index contributed by atoms with van der Waals surface area (Å²) in [7, 11) is 0. The summed E-state index contributed by atoms with van der Waals surface area (Å²) in [6, 6.07) is 17.2. The van der Waals surface area contributed by atoms with Crippen LogP contribution in [0.2, 0.25) is 0 Å². The number of fused-ring (bicyclic) bond motifs is 2. The van der Waals surface area contributed by atoms with E-state index in [0.717, 1.165) is 19.6 Å². The van der Waals surface area contributed by atoms with Gasteiger partial charge in [0.1, 0.15) is 0 Å². The number of thioether (sulfide) groups is 1. The Balaban J connectivity index is 0.000000161. The molecule has 0 unspecified atom stereocenters. The third-order valence-electron chi connectivity index (χ3n) is 5.19. The van der Waals surface area contributed by atoms with Gasteiger partial charge in [0.25, 0.3) is 0 Å². The fraction of sp³-hybridized carbons (Fsp3) is 0.500. The monoisotopic (exact) mass is 397 g/mol. The van der Waals surface area contributed by atoms with Crippen LogP contribution in [0.15, 0.2) is 53.4 Å². The third kappa shape index (κ3) is 4.78. The molecule has 0 aromatic heterocycles. The Kier molecular flexibility index (Phi) is 6.18. The molecule has 3 nitrogen and oxygen atoms in total. The molecule has 152 valence electrons. The SMILES string of the molecule is CC(C)(C)N1CCNc2ccccc21.CC(C)(C)N1CCSc2ccccc21. The maximum absolute atomic E-state index is 3.42. The lowest BCUT2D eigenvalue weighted by Gasteiger charge is -2.41. The fourth-order valence-corrected chi connectivity index (χ4v) is 4.84. The average Bonchev–Trinajstić information content (AvgIpc) is 2.66. The number of rotatable bonds is 0. The molecule has 0 saturated heterocycles. The summed E-state index contributed by atoms with van der Waals surface area (Å²) in [5.41, 5.74) is 4.42. The first-order valence-corrected chi connectivity index (χ1v) is 11.3. The maximum atomic E-state index is 3.42. The topological polar surface area (TPSA) is 18.5 Å². The van der Waals surface area contributed by atoms with E-state index >= 15 is 0 Å². The van der Waals surface area contributed by atoms with Crippen molar-refractivity contribution in [3.05, 3.63) is 48.5 Å². The summed E-state index contributed by atoms with van der Waals surface area (Å²) in [6.45, 7) is 16.9. The Morgan fingerprint density at radius 2 is 1.32 bits per heavy atom. The lowest BCUT2D eigenvalue weighted by atomic mass is 10.0. The van der Waals surface area contributed by atoms with Gasteiger partial charge in [0.2, 0.25) is 0 Å². The minimum Gasteiger partial charge on any atom is -0.382 e. The molecule has 2 aromatic carbocycles. The van der Waals surface area contributed by atoms with Gasteiger partial charge in [-0.15, -0.1) is 11.8 Å². The van der Waals surface area contributed by atoms with E-state index in [1.165, 1.54) is 27.7 Å². The second-order valence-corrected chi connectivity index (χ2v) is 10.5. The van der Waals surface area contributed by atoms with E-state index in [4.69, 9.17) is 0 Å². The van der Waals surface area contributed by atoms with Crippen LogP contribution in [-0.2, 0) is 0 Å². The number of benzene rings is 2. The molecule has 2 aliphatic rings. The predicted octanol–water partition coefficient (Wildman–Crippen LogP) is 6.11. The Hall–Kier alpha value is -1.81. The first-order valence-electron chi connectivity index (χ1n) is 10.3. The number of nitrogens with one attached hydrogen (secondary N) is 1. The van der Waals surface area contributed by atoms with Gasteiger partial charge in [0.05, 0.1) is 17.1 Å². The highest BCUT2D eigenvalue weighted by molar-refractivity contribution is 7.99. The number of para-hydroxylation sites is 3.